The highest BCUT2D eigenvalue weighted by atomic mass is 35.5. The Balaban J connectivity index is 2.67. The lowest BCUT2D eigenvalue weighted by atomic mass is 10.3. The number of hydrogen-bond donors (Lipinski definition) is 1. The van der Waals surface area contributed by atoms with Gasteiger partial charge in [0.05, 0.1) is 6.61 Å². The van der Waals surface area contributed by atoms with Crippen LogP contribution in [0.1, 0.15) is 6.92 Å². The summed E-state index contributed by atoms with van der Waals surface area (Å²) in [5.41, 5.74) is -0.484. The fourth-order valence-electron chi connectivity index (χ4n) is 1.02. The number of amides is 1. The number of anilines is 1. The standard InChI is InChI=1S/C10H10ClNO4/c1-2-15-10(14)12-7-4-3-5-8(6-7)16-9(11)13/h3-6H,2H2,1H3,(H,12,14). The molecule has 0 heterocycles. The van der Waals surface area contributed by atoms with Crippen LogP contribution in [0.15, 0.2) is 24.3 Å². The van der Waals surface area contributed by atoms with Crippen molar-refractivity contribution >= 4 is 28.8 Å². The van der Waals surface area contributed by atoms with Crippen molar-refractivity contribution in [2.75, 3.05) is 11.9 Å². The molecule has 0 spiro atoms. The summed E-state index contributed by atoms with van der Waals surface area (Å²) >= 11 is 5.05. The van der Waals surface area contributed by atoms with Gasteiger partial charge in [-0.05, 0) is 19.1 Å². The first-order valence-electron chi connectivity index (χ1n) is 4.53. The summed E-state index contributed by atoms with van der Waals surface area (Å²) in [6.07, 6.45) is -0.572. The lowest BCUT2D eigenvalue weighted by Gasteiger charge is -2.06. The maximum Gasteiger partial charge on any atom is 0.411 e. The van der Waals surface area contributed by atoms with Crippen molar-refractivity contribution in [3.8, 4) is 5.75 Å². The van der Waals surface area contributed by atoms with E-state index < -0.39 is 11.5 Å². The van der Waals surface area contributed by atoms with Gasteiger partial charge in [-0.25, -0.2) is 9.59 Å². The van der Waals surface area contributed by atoms with Gasteiger partial charge in [-0.2, -0.15) is 0 Å². The summed E-state index contributed by atoms with van der Waals surface area (Å²) in [5, 5.41) is 2.46. The van der Waals surface area contributed by atoms with Crippen molar-refractivity contribution in [2.45, 2.75) is 6.92 Å². The van der Waals surface area contributed by atoms with Crippen molar-refractivity contribution in [2.24, 2.45) is 0 Å². The zero-order valence-electron chi connectivity index (χ0n) is 8.53. The van der Waals surface area contributed by atoms with Crippen LogP contribution in [0, 0.1) is 0 Å². The molecule has 0 fully saturated rings. The van der Waals surface area contributed by atoms with E-state index in [1.54, 1.807) is 19.1 Å². The van der Waals surface area contributed by atoms with Gasteiger partial charge in [-0.1, -0.05) is 6.07 Å². The maximum atomic E-state index is 11.1. The molecule has 1 aromatic carbocycles. The van der Waals surface area contributed by atoms with E-state index >= 15 is 0 Å². The molecule has 0 unspecified atom stereocenters. The molecule has 0 aliphatic carbocycles. The van der Waals surface area contributed by atoms with E-state index in [1.807, 2.05) is 0 Å². The quantitative estimate of drug-likeness (QED) is 0.829. The Kier molecular flexibility index (Phi) is 4.60. The lowest BCUT2D eigenvalue weighted by Crippen LogP contribution is -2.13. The van der Waals surface area contributed by atoms with Gasteiger partial charge in [0.15, 0.2) is 0 Å². The van der Waals surface area contributed by atoms with Crippen LogP contribution in [0.5, 0.6) is 5.75 Å². The van der Waals surface area contributed by atoms with Crippen LogP contribution in [0.4, 0.5) is 15.3 Å². The molecule has 0 aliphatic heterocycles. The minimum atomic E-state index is -0.937. The second-order valence-corrected chi connectivity index (χ2v) is 3.02. The van der Waals surface area contributed by atoms with Crippen LogP contribution in [0.2, 0.25) is 0 Å². The molecule has 5 nitrogen and oxygen atoms in total. The number of halogens is 1. The van der Waals surface area contributed by atoms with Gasteiger partial charge in [-0.15, -0.1) is 0 Å². The van der Waals surface area contributed by atoms with Crippen molar-refractivity contribution < 1.29 is 19.1 Å². The third-order valence-corrected chi connectivity index (χ3v) is 1.63. The summed E-state index contributed by atoms with van der Waals surface area (Å²) in [6, 6.07) is 6.23. The van der Waals surface area contributed by atoms with E-state index in [-0.39, 0.29) is 12.4 Å². The lowest BCUT2D eigenvalue weighted by molar-refractivity contribution is 0.168. The Morgan fingerprint density at radius 2 is 2.19 bits per heavy atom. The van der Waals surface area contributed by atoms with E-state index in [9.17, 15) is 9.59 Å². The second-order valence-electron chi connectivity index (χ2n) is 2.71. The normalized spacial score (nSPS) is 9.38. The highest BCUT2D eigenvalue weighted by Crippen LogP contribution is 2.18. The number of rotatable bonds is 3. The predicted octanol–water partition coefficient (Wildman–Crippen LogP) is 2.99. The fraction of sp³-hybridized carbons (Fsp3) is 0.200. The summed E-state index contributed by atoms with van der Waals surface area (Å²) < 4.78 is 9.31. The van der Waals surface area contributed by atoms with E-state index in [1.165, 1.54) is 12.1 Å². The summed E-state index contributed by atoms with van der Waals surface area (Å²) in [5.74, 6) is 0.245. The molecule has 16 heavy (non-hydrogen) atoms. The number of carbonyl (C=O) groups excluding carboxylic acids is 2. The second kappa shape index (κ2) is 5.97. The van der Waals surface area contributed by atoms with Crippen LogP contribution in [0.3, 0.4) is 0 Å². The van der Waals surface area contributed by atoms with Gasteiger partial charge >= 0.3 is 11.5 Å². The first kappa shape index (κ1) is 12.3. The Labute approximate surface area is 97.3 Å². The Morgan fingerprint density at radius 1 is 1.44 bits per heavy atom. The first-order valence-corrected chi connectivity index (χ1v) is 4.90. The molecule has 1 amide bonds. The van der Waals surface area contributed by atoms with Crippen molar-refractivity contribution in [1.29, 1.82) is 0 Å². The molecular weight excluding hydrogens is 234 g/mol. The van der Waals surface area contributed by atoms with Crippen LogP contribution in [-0.4, -0.2) is 18.1 Å². The largest absolute Gasteiger partial charge is 0.450 e. The minimum absolute atomic E-state index is 0.245. The summed E-state index contributed by atoms with van der Waals surface area (Å²) in [6.45, 7) is 1.98. The molecule has 1 rings (SSSR count). The molecule has 86 valence electrons. The maximum absolute atomic E-state index is 11.1. The molecule has 0 atom stereocenters. The molecule has 0 aromatic heterocycles. The first-order chi connectivity index (χ1) is 7.61. The third-order valence-electron chi connectivity index (χ3n) is 1.55. The summed E-state index contributed by atoms with van der Waals surface area (Å²) in [7, 11) is 0. The third kappa shape index (κ3) is 4.18. The molecule has 0 aliphatic rings. The van der Waals surface area contributed by atoms with Crippen LogP contribution in [-0.2, 0) is 4.74 Å². The average Bonchev–Trinajstić information content (AvgIpc) is 2.17. The fourth-order valence-corrected chi connectivity index (χ4v) is 1.10. The molecule has 0 bridgehead atoms. The zero-order chi connectivity index (χ0) is 12.0. The molecule has 1 aromatic rings. The SMILES string of the molecule is CCOC(=O)Nc1cccc(OC(=O)Cl)c1. The van der Waals surface area contributed by atoms with Gasteiger partial charge in [0.2, 0.25) is 0 Å². The number of carbonyl (C=O) groups is 2. The van der Waals surface area contributed by atoms with Crippen molar-refractivity contribution in [3.63, 3.8) is 0 Å². The van der Waals surface area contributed by atoms with Gasteiger partial charge in [0.1, 0.15) is 5.75 Å². The number of ether oxygens (including phenoxy) is 2. The molecule has 1 N–H and O–H groups in total. The average molecular weight is 244 g/mol. The monoisotopic (exact) mass is 243 g/mol. The topological polar surface area (TPSA) is 64.6 Å². The van der Waals surface area contributed by atoms with Crippen molar-refractivity contribution in [3.05, 3.63) is 24.3 Å². The highest BCUT2D eigenvalue weighted by Gasteiger charge is 2.04. The van der Waals surface area contributed by atoms with Crippen molar-refractivity contribution in [1.82, 2.24) is 0 Å². The molecule has 0 saturated carbocycles. The van der Waals surface area contributed by atoms with Crippen LogP contribution < -0.4 is 10.1 Å². The van der Waals surface area contributed by atoms with Gasteiger partial charge in [-0.3, -0.25) is 5.32 Å². The smallest absolute Gasteiger partial charge is 0.411 e. The van der Waals surface area contributed by atoms with E-state index in [0.717, 1.165) is 0 Å². The number of hydrogen-bond acceptors (Lipinski definition) is 4. The number of nitrogens with one attached hydrogen (secondary N) is 1. The molecular formula is C10H10ClNO4. The van der Waals surface area contributed by atoms with E-state index in [0.29, 0.717) is 5.69 Å². The van der Waals surface area contributed by atoms with E-state index in [4.69, 9.17) is 11.6 Å². The Hall–Kier alpha value is -1.75. The Morgan fingerprint density at radius 3 is 2.81 bits per heavy atom. The van der Waals surface area contributed by atoms with Crippen LogP contribution in [0.25, 0.3) is 0 Å². The van der Waals surface area contributed by atoms with Gasteiger partial charge < -0.3 is 9.47 Å². The number of benzene rings is 1. The molecule has 0 saturated heterocycles. The summed E-state index contributed by atoms with van der Waals surface area (Å²) in [4.78, 5) is 21.6. The molecule has 6 heteroatoms. The van der Waals surface area contributed by atoms with E-state index in [2.05, 4.69) is 14.8 Å². The zero-order valence-corrected chi connectivity index (χ0v) is 9.28. The highest BCUT2D eigenvalue weighted by molar-refractivity contribution is 6.61. The minimum Gasteiger partial charge on any atom is -0.450 e. The van der Waals surface area contributed by atoms with Gasteiger partial charge in [0, 0.05) is 23.4 Å². The van der Waals surface area contributed by atoms with Crippen LogP contribution >= 0.6 is 11.6 Å². The molecule has 0 radical (unpaired) electrons. The Bertz CT molecular complexity index is 394. The predicted molar refractivity (Wildman–Crippen MR) is 59.0 cm³/mol. The van der Waals surface area contributed by atoms with Gasteiger partial charge in [0.25, 0.3) is 0 Å².